The molecule has 1 aliphatic carbocycles. The quantitative estimate of drug-likeness (QED) is 0.251. The predicted molar refractivity (Wildman–Crippen MR) is 142 cm³/mol. The molecule has 5 rings (SSSR count). The average molecular weight is 521 g/mol. The van der Waals surface area contributed by atoms with Gasteiger partial charge in [0, 0.05) is 55.5 Å². The van der Waals surface area contributed by atoms with Gasteiger partial charge in [-0.1, -0.05) is 29.8 Å². The molecule has 1 saturated heterocycles. The number of quaternary nitrogens is 1. The van der Waals surface area contributed by atoms with Gasteiger partial charge in [-0.25, -0.2) is 14.1 Å². The van der Waals surface area contributed by atoms with E-state index in [1.165, 1.54) is 0 Å². The highest BCUT2D eigenvalue weighted by molar-refractivity contribution is 6.33. The third-order valence-electron chi connectivity index (χ3n) is 8.03. The fourth-order valence-electron chi connectivity index (χ4n) is 6.12. The summed E-state index contributed by atoms with van der Waals surface area (Å²) < 4.78 is 5.17. The molecule has 3 aromatic rings. The van der Waals surface area contributed by atoms with Crippen molar-refractivity contribution < 1.29 is 23.9 Å². The van der Waals surface area contributed by atoms with Gasteiger partial charge in [0.25, 0.3) is 0 Å². The Morgan fingerprint density at radius 1 is 1.08 bits per heavy atom. The van der Waals surface area contributed by atoms with Gasteiger partial charge < -0.3 is 14.7 Å². The van der Waals surface area contributed by atoms with Crippen molar-refractivity contribution in [3.8, 4) is 5.75 Å². The van der Waals surface area contributed by atoms with Crippen LogP contribution in [0.1, 0.15) is 52.5 Å². The van der Waals surface area contributed by atoms with E-state index in [1.54, 1.807) is 24.3 Å². The first kappa shape index (κ1) is 25.2. The SMILES string of the molecule is Cc1cc(N2CCC([N+](C)(C(=O)c3ccccc3Cl)[C@@H]3CCc4ccc(OC(=O)O)cc43)CC2)ccn1. The first-order chi connectivity index (χ1) is 17.8. The van der Waals surface area contributed by atoms with Crippen molar-refractivity contribution in [2.24, 2.45) is 0 Å². The van der Waals surface area contributed by atoms with E-state index in [0.717, 1.165) is 61.3 Å². The lowest BCUT2D eigenvalue weighted by Crippen LogP contribution is -2.60. The van der Waals surface area contributed by atoms with Crippen LogP contribution in [-0.4, -0.2) is 52.8 Å². The summed E-state index contributed by atoms with van der Waals surface area (Å²) >= 11 is 6.54. The van der Waals surface area contributed by atoms with Crippen LogP contribution in [0.4, 0.5) is 10.5 Å². The van der Waals surface area contributed by atoms with Crippen LogP contribution >= 0.6 is 11.6 Å². The summed E-state index contributed by atoms with van der Waals surface area (Å²) in [5, 5.41) is 9.59. The maximum atomic E-state index is 14.4. The molecule has 1 unspecified atom stereocenters. The number of benzene rings is 2. The predicted octanol–water partition coefficient (Wildman–Crippen LogP) is 6.04. The van der Waals surface area contributed by atoms with E-state index in [0.29, 0.717) is 10.6 Å². The van der Waals surface area contributed by atoms with E-state index in [4.69, 9.17) is 21.4 Å². The largest absolute Gasteiger partial charge is 0.511 e. The number of hydrogen-bond acceptors (Lipinski definition) is 5. The third kappa shape index (κ3) is 4.81. The molecular formula is C29H31ClN3O4+. The normalized spacial score (nSPS) is 19.2. The lowest BCUT2D eigenvalue weighted by atomic mass is 9.93. The lowest BCUT2D eigenvalue weighted by molar-refractivity contribution is -0.887. The number of carbonyl (C=O) groups is 2. The number of aryl methyl sites for hydroxylation is 2. The van der Waals surface area contributed by atoms with E-state index < -0.39 is 6.16 Å². The number of fused-ring (bicyclic) bond motifs is 1. The van der Waals surface area contributed by atoms with Crippen molar-refractivity contribution in [1.29, 1.82) is 0 Å². The van der Waals surface area contributed by atoms with Gasteiger partial charge >= 0.3 is 12.1 Å². The second-order valence-electron chi connectivity index (χ2n) is 10.1. The molecule has 0 bridgehead atoms. The number of piperidine rings is 1. The molecule has 0 radical (unpaired) electrons. The number of hydrogen-bond donors (Lipinski definition) is 1. The number of anilines is 1. The van der Waals surface area contributed by atoms with E-state index in [1.807, 2.05) is 44.4 Å². The fraction of sp³-hybridized carbons (Fsp3) is 0.345. The van der Waals surface area contributed by atoms with Gasteiger partial charge in [-0.3, -0.25) is 4.98 Å². The fourth-order valence-corrected chi connectivity index (χ4v) is 6.34. The summed E-state index contributed by atoms with van der Waals surface area (Å²) in [5.41, 5.74) is 4.76. The van der Waals surface area contributed by atoms with E-state index in [-0.39, 0.29) is 28.2 Å². The molecule has 1 aromatic heterocycles. The number of aromatic nitrogens is 1. The van der Waals surface area contributed by atoms with Crippen molar-refractivity contribution in [3.63, 3.8) is 0 Å². The minimum atomic E-state index is -1.35. The van der Waals surface area contributed by atoms with Gasteiger partial charge in [-0.15, -0.1) is 0 Å². The minimum absolute atomic E-state index is 0.00814. The average Bonchev–Trinajstić information content (AvgIpc) is 3.32. The van der Waals surface area contributed by atoms with Crippen LogP contribution in [0.15, 0.2) is 60.8 Å². The molecule has 37 heavy (non-hydrogen) atoms. The molecule has 1 amide bonds. The van der Waals surface area contributed by atoms with E-state index >= 15 is 0 Å². The van der Waals surface area contributed by atoms with Gasteiger partial charge in [0.15, 0.2) is 0 Å². The first-order valence-electron chi connectivity index (χ1n) is 12.6. The summed E-state index contributed by atoms with van der Waals surface area (Å²) in [6.07, 6.45) is 3.78. The number of rotatable bonds is 5. The zero-order chi connectivity index (χ0) is 26.2. The number of carbonyl (C=O) groups excluding carboxylic acids is 1. The van der Waals surface area contributed by atoms with Gasteiger partial charge in [0.1, 0.15) is 11.8 Å². The van der Waals surface area contributed by atoms with Gasteiger partial charge in [0.2, 0.25) is 0 Å². The Bertz CT molecular complexity index is 1340. The zero-order valence-electron chi connectivity index (χ0n) is 21.1. The Hall–Kier alpha value is -3.42. The molecule has 2 aromatic carbocycles. The molecular weight excluding hydrogens is 490 g/mol. The van der Waals surface area contributed by atoms with Crippen molar-refractivity contribution in [3.05, 3.63) is 88.2 Å². The molecule has 1 aliphatic heterocycles. The maximum Gasteiger partial charge on any atom is 0.511 e. The van der Waals surface area contributed by atoms with Crippen molar-refractivity contribution in [1.82, 2.24) is 4.98 Å². The second-order valence-corrected chi connectivity index (χ2v) is 10.5. The van der Waals surface area contributed by atoms with Crippen LogP contribution in [0.2, 0.25) is 5.02 Å². The molecule has 0 saturated carbocycles. The van der Waals surface area contributed by atoms with Gasteiger partial charge in [0.05, 0.1) is 23.7 Å². The van der Waals surface area contributed by atoms with E-state index in [2.05, 4.69) is 16.0 Å². The molecule has 2 aliphatic rings. The summed E-state index contributed by atoms with van der Waals surface area (Å²) in [5.74, 6) is 0.268. The summed E-state index contributed by atoms with van der Waals surface area (Å²) in [7, 11) is 2.03. The number of nitrogens with zero attached hydrogens (tertiary/aromatic N) is 3. The van der Waals surface area contributed by atoms with Crippen molar-refractivity contribution in [2.75, 3.05) is 25.0 Å². The van der Waals surface area contributed by atoms with Crippen LogP contribution in [0, 0.1) is 6.92 Å². The van der Waals surface area contributed by atoms with Crippen LogP contribution in [0.25, 0.3) is 0 Å². The molecule has 192 valence electrons. The molecule has 2 heterocycles. The maximum absolute atomic E-state index is 14.4. The summed E-state index contributed by atoms with van der Waals surface area (Å²) in [6, 6.07) is 16.7. The standard InChI is InChI=1S/C29H30ClN3O4/c1-19-17-21(11-14-31-19)32-15-12-22(13-16-32)33(2,28(34)24-5-3-4-6-26(24)30)27-10-8-20-7-9-23(18-25(20)27)37-29(35)36/h3-7,9,11,14,17-18,22,27H,8,10,12-13,15-16H2,1-2H3/p+1/t27-,33?/m1/s1. The number of halogens is 1. The Balaban J connectivity index is 1.51. The Labute approximate surface area is 221 Å². The monoisotopic (exact) mass is 520 g/mol. The number of pyridine rings is 1. The Morgan fingerprint density at radius 2 is 1.84 bits per heavy atom. The number of amides is 1. The summed E-state index contributed by atoms with van der Waals surface area (Å²) in [4.78, 5) is 32.3. The highest BCUT2D eigenvalue weighted by Crippen LogP contribution is 2.46. The van der Waals surface area contributed by atoms with Gasteiger partial charge in [-0.05, 0) is 55.3 Å². The molecule has 1 N–H and O–H groups in total. The molecule has 1 fully saturated rings. The second kappa shape index (κ2) is 10.1. The van der Waals surface area contributed by atoms with Crippen molar-refractivity contribution in [2.45, 2.75) is 44.7 Å². The van der Waals surface area contributed by atoms with Crippen LogP contribution in [0.3, 0.4) is 0 Å². The Morgan fingerprint density at radius 3 is 2.54 bits per heavy atom. The number of carboxylic acid groups (broad SMARTS) is 1. The van der Waals surface area contributed by atoms with Crippen LogP contribution in [0.5, 0.6) is 5.75 Å². The first-order valence-corrected chi connectivity index (χ1v) is 13.0. The number of ether oxygens (including phenoxy) is 1. The van der Waals surface area contributed by atoms with E-state index in [9.17, 15) is 9.59 Å². The summed E-state index contributed by atoms with van der Waals surface area (Å²) in [6.45, 7) is 3.66. The molecule has 7 nitrogen and oxygen atoms in total. The highest BCUT2D eigenvalue weighted by Gasteiger charge is 2.51. The molecule has 8 heteroatoms. The van der Waals surface area contributed by atoms with Crippen LogP contribution < -0.4 is 9.64 Å². The molecule has 0 spiro atoms. The van der Waals surface area contributed by atoms with Crippen LogP contribution in [-0.2, 0) is 6.42 Å². The smallest absolute Gasteiger partial charge is 0.449 e. The highest BCUT2D eigenvalue weighted by atomic mass is 35.5. The topological polar surface area (TPSA) is 79.7 Å². The third-order valence-corrected chi connectivity index (χ3v) is 8.36. The zero-order valence-corrected chi connectivity index (χ0v) is 21.8. The minimum Gasteiger partial charge on any atom is -0.449 e. The van der Waals surface area contributed by atoms with Crippen molar-refractivity contribution >= 4 is 29.4 Å². The lowest BCUT2D eigenvalue weighted by Gasteiger charge is -2.47. The molecule has 2 atom stereocenters. The van der Waals surface area contributed by atoms with Gasteiger partial charge in [-0.2, -0.15) is 0 Å². The Kier molecular flexibility index (Phi) is 6.92.